The van der Waals surface area contributed by atoms with Gasteiger partial charge in [0.15, 0.2) is 0 Å². The number of aryl methyl sites for hydroxylation is 1. The number of rotatable bonds is 10. The third-order valence-corrected chi connectivity index (χ3v) is 6.78. The molecule has 4 rings (SSSR count). The van der Waals surface area contributed by atoms with Crippen molar-refractivity contribution in [1.82, 2.24) is 9.47 Å². The number of amides is 1. The number of nitro benzene ring substituents is 1. The first-order chi connectivity index (χ1) is 17.8. The van der Waals surface area contributed by atoms with E-state index in [1.54, 1.807) is 11.0 Å². The summed E-state index contributed by atoms with van der Waals surface area (Å²) in [6, 6.07) is 14.3. The molecule has 0 N–H and O–H groups in total. The molecule has 0 radical (unpaired) electrons. The molecule has 37 heavy (non-hydrogen) atoms. The highest BCUT2D eigenvalue weighted by Gasteiger charge is 2.43. The molecule has 0 unspecified atom stereocenters. The van der Waals surface area contributed by atoms with E-state index in [4.69, 9.17) is 9.47 Å². The number of nitro groups is 1. The Hall–Kier alpha value is -3.65. The summed E-state index contributed by atoms with van der Waals surface area (Å²) in [5.41, 5.74) is 1.72. The summed E-state index contributed by atoms with van der Waals surface area (Å²) < 4.78 is 13.6. The summed E-state index contributed by atoms with van der Waals surface area (Å²) in [6.45, 7) is 7.10. The Kier molecular flexibility index (Phi) is 8.28. The highest BCUT2D eigenvalue weighted by atomic mass is 16.6. The molecule has 2 aromatic carbocycles. The average molecular weight is 506 g/mol. The molecular formula is C29H35N3O5. The van der Waals surface area contributed by atoms with Crippen LogP contribution in [0.3, 0.4) is 0 Å². The zero-order valence-corrected chi connectivity index (χ0v) is 21.8. The fraction of sp³-hybridized carbons (Fsp3) is 0.414. The van der Waals surface area contributed by atoms with E-state index in [-0.39, 0.29) is 23.3 Å². The number of hydrogen-bond acceptors (Lipinski definition) is 5. The zero-order valence-electron chi connectivity index (χ0n) is 21.8. The zero-order chi connectivity index (χ0) is 26.4. The molecule has 8 heteroatoms. The van der Waals surface area contributed by atoms with Gasteiger partial charge in [0.2, 0.25) is 0 Å². The molecule has 1 aliphatic rings. The fourth-order valence-corrected chi connectivity index (χ4v) is 4.87. The van der Waals surface area contributed by atoms with Crippen LogP contribution >= 0.6 is 0 Å². The van der Waals surface area contributed by atoms with E-state index in [1.165, 1.54) is 12.5 Å². The minimum atomic E-state index is -0.845. The lowest BCUT2D eigenvalue weighted by Gasteiger charge is -2.31. The van der Waals surface area contributed by atoms with Crippen LogP contribution in [0.2, 0.25) is 0 Å². The lowest BCUT2D eigenvalue weighted by molar-refractivity contribution is -0.383. The Morgan fingerprint density at radius 1 is 1.16 bits per heavy atom. The third kappa shape index (κ3) is 6.02. The molecule has 1 amide bonds. The average Bonchev–Trinajstić information content (AvgIpc) is 3.40. The van der Waals surface area contributed by atoms with Gasteiger partial charge in [-0.1, -0.05) is 74.7 Å². The van der Waals surface area contributed by atoms with Gasteiger partial charge in [-0.3, -0.25) is 15.0 Å². The van der Waals surface area contributed by atoms with E-state index >= 15 is 0 Å². The largest absolute Gasteiger partial charge is 0.444 e. The Balaban J connectivity index is 1.59. The van der Waals surface area contributed by atoms with Crippen LogP contribution in [0.25, 0.3) is 17.0 Å². The van der Waals surface area contributed by atoms with E-state index < -0.39 is 11.8 Å². The van der Waals surface area contributed by atoms with Gasteiger partial charge in [0, 0.05) is 24.4 Å². The van der Waals surface area contributed by atoms with E-state index in [1.807, 2.05) is 68.6 Å². The van der Waals surface area contributed by atoms with Crippen LogP contribution in [-0.4, -0.2) is 38.9 Å². The van der Waals surface area contributed by atoms with Crippen molar-refractivity contribution < 1.29 is 19.2 Å². The number of carbonyl (C=O) groups excluding carboxylic acids is 1. The topological polar surface area (TPSA) is 86.8 Å². The second kappa shape index (κ2) is 11.6. The van der Waals surface area contributed by atoms with Crippen LogP contribution in [0.1, 0.15) is 57.6 Å². The number of fused-ring (bicyclic) bond motifs is 1. The molecule has 3 aromatic rings. The van der Waals surface area contributed by atoms with Crippen LogP contribution in [0.5, 0.6) is 0 Å². The molecular weight excluding hydrogens is 470 g/mol. The van der Waals surface area contributed by atoms with Crippen molar-refractivity contribution in [2.45, 2.75) is 71.4 Å². The predicted molar refractivity (Wildman–Crippen MR) is 144 cm³/mol. The van der Waals surface area contributed by atoms with E-state index in [2.05, 4.69) is 11.5 Å². The first kappa shape index (κ1) is 26.4. The van der Waals surface area contributed by atoms with Gasteiger partial charge >= 0.3 is 6.09 Å². The maximum Gasteiger partial charge on any atom is 0.412 e. The van der Waals surface area contributed by atoms with Gasteiger partial charge in [0.1, 0.15) is 12.3 Å². The lowest BCUT2D eigenvalue weighted by atomic mass is 10.1. The molecule has 2 heterocycles. The van der Waals surface area contributed by atoms with Crippen molar-refractivity contribution in [2.75, 3.05) is 6.61 Å². The molecule has 1 aliphatic heterocycles. The molecule has 0 aliphatic carbocycles. The maximum atomic E-state index is 13.1. The molecule has 8 nitrogen and oxygen atoms in total. The van der Waals surface area contributed by atoms with Crippen LogP contribution in [0, 0.1) is 10.1 Å². The molecule has 1 aromatic heterocycles. The van der Waals surface area contributed by atoms with Crippen LogP contribution in [0.4, 0.5) is 10.5 Å². The molecule has 1 saturated heterocycles. The summed E-state index contributed by atoms with van der Waals surface area (Å²) in [7, 11) is 0. The van der Waals surface area contributed by atoms with Crippen molar-refractivity contribution in [3.05, 3.63) is 82.0 Å². The van der Waals surface area contributed by atoms with Gasteiger partial charge in [-0.15, -0.1) is 0 Å². The van der Waals surface area contributed by atoms with E-state index in [0.29, 0.717) is 12.0 Å². The number of non-ortho nitro benzene ring substituents is 1. The Morgan fingerprint density at radius 3 is 2.68 bits per heavy atom. The minimum Gasteiger partial charge on any atom is -0.444 e. The normalized spacial score (nSPS) is 17.1. The number of ether oxygens (including phenoxy) is 2. The van der Waals surface area contributed by atoms with Gasteiger partial charge in [-0.05, 0) is 31.9 Å². The second-order valence-corrected chi connectivity index (χ2v) is 9.86. The monoisotopic (exact) mass is 505 g/mol. The van der Waals surface area contributed by atoms with Crippen molar-refractivity contribution in [1.29, 1.82) is 0 Å². The first-order valence-corrected chi connectivity index (χ1v) is 12.9. The summed E-state index contributed by atoms with van der Waals surface area (Å²) in [6.07, 6.45) is 9.69. The molecule has 0 saturated carbocycles. The minimum absolute atomic E-state index is 0.0755. The van der Waals surface area contributed by atoms with Crippen LogP contribution < -0.4 is 0 Å². The number of benzene rings is 2. The summed E-state index contributed by atoms with van der Waals surface area (Å²) in [5.74, 6) is 0. The number of hydrogen-bond donors (Lipinski definition) is 0. The Bertz CT molecular complexity index is 1270. The van der Waals surface area contributed by atoms with Crippen LogP contribution in [0.15, 0.2) is 60.8 Å². The summed E-state index contributed by atoms with van der Waals surface area (Å²) in [5, 5.41) is 12.4. The van der Waals surface area contributed by atoms with Gasteiger partial charge in [0.25, 0.3) is 5.69 Å². The molecule has 0 bridgehead atoms. The van der Waals surface area contributed by atoms with Gasteiger partial charge < -0.3 is 14.0 Å². The van der Waals surface area contributed by atoms with Crippen molar-refractivity contribution in [3.63, 3.8) is 0 Å². The number of aromatic nitrogens is 1. The van der Waals surface area contributed by atoms with Crippen molar-refractivity contribution in [2.24, 2.45) is 0 Å². The van der Waals surface area contributed by atoms with Gasteiger partial charge in [0.05, 0.1) is 28.5 Å². The first-order valence-electron chi connectivity index (χ1n) is 12.9. The van der Waals surface area contributed by atoms with Gasteiger partial charge in [-0.2, -0.15) is 0 Å². The Morgan fingerprint density at radius 2 is 1.95 bits per heavy atom. The van der Waals surface area contributed by atoms with Crippen molar-refractivity contribution >= 4 is 28.8 Å². The fourth-order valence-electron chi connectivity index (χ4n) is 4.87. The van der Waals surface area contributed by atoms with E-state index in [9.17, 15) is 14.9 Å². The molecule has 0 spiro atoms. The van der Waals surface area contributed by atoms with E-state index in [0.717, 1.165) is 42.5 Å². The number of nitrogens with zero attached hydrogens (tertiary/aromatic N) is 3. The molecule has 1 atom stereocenters. The molecule has 1 fully saturated rings. The third-order valence-electron chi connectivity index (χ3n) is 6.78. The standard InChI is InChI=1S/C29H35N3O5/c1-4-5-6-10-18-30-19-23(27-25(30)14-11-15-26(27)32(34)35)16-17-24-21-37-29(2,3)31(24)28(33)36-20-22-12-8-7-9-13-22/h7-9,11-17,19,24H,4-6,10,18,20-21H2,1-3H3/b17-16+/t24-/m0/s1. The van der Waals surface area contributed by atoms with Crippen LogP contribution in [-0.2, 0) is 22.6 Å². The smallest absolute Gasteiger partial charge is 0.412 e. The summed E-state index contributed by atoms with van der Waals surface area (Å²) >= 11 is 0. The highest BCUT2D eigenvalue weighted by Crippen LogP contribution is 2.34. The van der Waals surface area contributed by atoms with Gasteiger partial charge in [-0.25, -0.2) is 4.79 Å². The number of carbonyl (C=O) groups is 1. The molecule has 196 valence electrons. The van der Waals surface area contributed by atoms with Crippen molar-refractivity contribution in [3.8, 4) is 0 Å². The maximum absolute atomic E-state index is 13.1. The quantitative estimate of drug-likeness (QED) is 0.170. The summed E-state index contributed by atoms with van der Waals surface area (Å²) in [4.78, 5) is 26.2. The highest BCUT2D eigenvalue weighted by molar-refractivity contribution is 5.96. The number of unbranched alkanes of at least 4 members (excludes halogenated alkanes) is 3. The second-order valence-electron chi connectivity index (χ2n) is 9.86. The Labute approximate surface area is 217 Å². The lowest BCUT2D eigenvalue weighted by Crippen LogP contribution is -2.47. The predicted octanol–water partition coefficient (Wildman–Crippen LogP) is 6.92. The SMILES string of the molecule is CCCCCCn1cc(/C=C/[C@H]2COC(C)(C)N2C(=O)OCc2ccccc2)c2c([N+](=O)[O-])cccc21.